The van der Waals surface area contributed by atoms with Crippen LogP contribution in [0.4, 0.5) is 5.00 Å². The van der Waals surface area contributed by atoms with Crippen LogP contribution in [-0.4, -0.2) is 49.3 Å². The zero-order chi connectivity index (χ0) is 23.3. The van der Waals surface area contributed by atoms with Crippen molar-refractivity contribution < 1.29 is 4.79 Å². The summed E-state index contributed by atoms with van der Waals surface area (Å²) in [5.74, 6) is 0.0310. The fraction of sp³-hybridized carbons (Fsp3) is 0.348. The van der Waals surface area contributed by atoms with Crippen molar-refractivity contribution >= 4 is 62.8 Å². The molecule has 0 aromatic carbocycles. The largest absolute Gasteiger partial charge is 0.384 e. The summed E-state index contributed by atoms with van der Waals surface area (Å²) in [5.41, 5.74) is 3.40. The Balaban J connectivity index is 2.21. The van der Waals surface area contributed by atoms with Crippen LogP contribution in [0, 0.1) is 0 Å². The molecule has 0 aliphatic carbocycles. The van der Waals surface area contributed by atoms with Crippen molar-refractivity contribution in [1.82, 2.24) is 15.5 Å². The summed E-state index contributed by atoms with van der Waals surface area (Å²) in [6.07, 6.45) is 12.1. The third kappa shape index (κ3) is 7.85. The Morgan fingerprint density at radius 3 is 2.94 bits per heavy atom. The highest BCUT2D eigenvalue weighted by Gasteiger charge is 2.25. The lowest BCUT2D eigenvalue weighted by Gasteiger charge is -2.26. The van der Waals surface area contributed by atoms with E-state index in [9.17, 15) is 4.79 Å². The smallest absolute Gasteiger partial charge is 0.246 e. The number of aliphatic imine (C=N–C) groups is 2. The van der Waals surface area contributed by atoms with Gasteiger partial charge in [0.05, 0.1) is 6.54 Å². The van der Waals surface area contributed by atoms with E-state index < -0.39 is 0 Å². The third-order valence-electron chi connectivity index (χ3n) is 4.78. The maximum Gasteiger partial charge on any atom is 0.246 e. The number of hydrogen-bond donors (Lipinski definition) is 2. The highest BCUT2D eigenvalue weighted by atomic mass is 79.9. The Bertz CT molecular complexity index is 935. The van der Waals surface area contributed by atoms with E-state index in [0.717, 1.165) is 32.6 Å². The first-order valence-electron chi connectivity index (χ1n) is 10.2. The molecule has 0 fully saturated rings. The van der Waals surface area contributed by atoms with E-state index in [-0.39, 0.29) is 5.91 Å². The number of carbonyl (C=O) groups excluding carboxylic acids is 1. The van der Waals surface area contributed by atoms with Gasteiger partial charge in [-0.15, -0.1) is 11.3 Å². The van der Waals surface area contributed by atoms with Gasteiger partial charge in [0.15, 0.2) is 0 Å². The van der Waals surface area contributed by atoms with Gasteiger partial charge in [0, 0.05) is 58.6 Å². The number of halogens is 2. The van der Waals surface area contributed by atoms with Crippen LogP contribution in [0.3, 0.4) is 0 Å². The Labute approximate surface area is 207 Å². The molecule has 0 saturated heterocycles. The first kappa shape index (κ1) is 26.3. The van der Waals surface area contributed by atoms with Crippen LogP contribution in [0.2, 0.25) is 0 Å². The molecule has 1 aromatic rings. The van der Waals surface area contributed by atoms with Crippen molar-refractivity contribution in [2.75, 3.05) is 25.5 Å². The lowest BCUT2D eigenvalue weighted by Crippen LogP contribution is -2.34. The minimum atomic E-state index is 0.0310. The standard InChI is InChI=1S/C23H29BrClN5OS/c1-4-6-18(9-8-17(25)13-24)28-14-20-19-10-12-30(22(31)7-5-11-26-2)15-21(19)32-23(20)29-16-27-3/h4-8,16,26,28H,1,3,9-15H2,2H3/b7-5+,17-8+,18-6+,29-16-. The van der Waals surface area contributed by atoms with Gasteiger partial charge in [-0.25, -0.2) is 4.99 Å². The summed E-state index contributed by atoms with van der Waals surface area (Å²) in [7, 11) is 1.85. The van der Waals surface area contributed by atoms with Gasteiger partial charge in [-0.2, -0.15) is 0 Å². The van der Waals surface area contributed by atoms with Gasteiger partial charge in [0.25, 0.3) is 0 Å². The molecule has 9 heteroatoms. The van der Waals surface area contributed by atoms with Gasteiger partial charge in [0.2, 0.25) is 5.91 Å². The van der Waals surface area contributed by atoms with Gasteiger partial charge < -0.3 is 15.5 Å². The molecule has 172 valence electrons. The second-order valence-electron chi connectivity index (χ2n) is 6.95. The van der Waals surface area contributed by atoms with Crippen LogP contribution in [0.5, 0.6) is 0 Å². The summed E-state index contributed by atoms with van der Waals surface area (Å²) in [6.45, 7) is 9.85. The summed E-state index contributed by atoms with van der Waals surface area (Å²) in [4.78, 5) is 23.8. The van der Waals surface area contributed by atoms with Crippen molar-refractivity contribution in [2.45, 2.75) is 25.9 Å². The second-order valence-corrected chi connectivity index (χ2v) is 9.08. The second kappa shape index (κ2) is 14.2. The maximum absolute atomic E-state index is 12.5. The number of likely N-dealkylation sites (N-methyl/N-ethyl adjacent to an activating group) is 1. The lowest BCUT2D eigenvalue weighted by molar-refractivity contribution is -0.126. The molecule has 1 aliphatic heterocycles. The predicted octanol–water partition coefficient (Wildman–Crippen LogP) is 4.84. The van der Waals surface area contributed by atoms with Gasteiger partial charge in [-0.3, -0.25) is 9.79 Å². The summed E-state index contributed by atoms with van der Waals surface area (Å²) in [5, 5.41) is 8.77. The van der Waals surface area contributed by atoms with E-state index in [0.29, 0.717) is 37.9 Å². The minimum Gasteiger partial charge on any atom is -0.384 e. The molecule has 2 N–H and O–H groups in total. The van der Waals surface area contributed by atoms with Gasteiger partial charge in [-0.1, -0.05) is 52.3 Å². The Kier molecular flexibility index (Phi) is 11.7. The summed E-state index contributed by atoms with van der Waals surface area (Å²) in [6, 6.07) is 0. The normalized spacial score (nSPS) is 14.8. The molecule has 0 bridgehead atoms. The number of allylic oxidation sites excluding steroid dienone is 4. The van der Waals surface area contributed by atoms with Crippen LogP contribution in [-0.2, 0) is 24.3 Å². The Morgan fingerprint density at radius 1 is 1.44 bits per heavy atom. The fourth-order valence-corrected chi connectivity index (χ4v) is 4.75. The summed E-state index contributed by atoms with van der Waals surface area (Å²) < 4.78 is 0. The minimum absolute atomic E-state index is 0.0310. The molecule has 1 aliphatic rings. The lowest BCUT2D eigenvalue weighted by atomic mass is 10.0. The number of carbonyl (C=O) groups is 1. The van der Waals surface area contributed by atoms with Crippen molar-refractivity contribution in [3.05, 3.63) is 63.7 Å². The first-order chi connectivity index (χ1) is 15.5. The van der Waals surface area contributed by atoms with Crippen molar-refractivity contribution in [1.29, 1.82) is 0 Å². The van der Waals surface area contributed by atoms with Gasteiger partial charge in [0.1, 0.15) is 11.3 Å². The van der Waals surface area contributed by atoms with Crippen molar-refractivity contribution in [3.63, 3.8) is 0 Å². The molecule has 2 heterocycles. The van der Waals surface area contributed by atoms with E-state index in [1.165, 1.54) is 11.9 Å². The highest BCUT2D eigenvalue weighted by Crippen LogP contribution is 2.39. The van der Waals surface area contributed by atoms with Gasteiger partial charge in [-0.05, 0) is 31.8 Å². The number of hydrogen-bond acceptors (Lipinski definition) is 5. The molecular weight excluding hydrogens is 510 g/mol. The topological polar surface area (TPSA) is 69.1 Å². The molecule has 1 amide bonds. The molecule has 6 nitrogen and oxygen atoms in total. The van der Waals surface area contributed by atoms with Crippen LogP contribution in [0.15, 0.2) is 57.7 Å². The molecule has 0 atom stereocenters. The van der Waals surface area contributed by atoms with Crippen LogP contribution in [0.1, 0.15) is 22.4 Å². The predicted molar refractivity (Wildman–Crippen MR) is 142 cm³/mol. The quantitative estimate of drug-likeness (QED) is 0.132. The third-order valence-corrected chi connectivity index (χ3v) is 7.16. The Hall–Kier alpha value is -2.00. The number of fused-ring (bicyclic) bond motifs is 1. The molecule has 0 radical (unpaired) electrons. The molecule has 0 unspecified atom stereocenters. The summed E-state index contributed by atoms with van der Waals surface area (Å²) >= 11 is 11.1. The van der Waals surface area contributed by atoms with Gasteiger partial charge >= 0.3 is 0 Å². The van der Waals surface area contributed by atoms with E-state index in [1.807, 2.05) is 30.2 Å². The maximum atomic E-state index is 12.5. The average Bonchev–Trinajstić information content (AvgIpc) is 3.15. The molecule has 2 rings (SSSR count). The molecule has 0 saturated carbocycles. The number of rotatable bonds is 12. The number of thiophene rings is 1. The van der Waals surface area contributed by atoms with Crippen molar-refractivity contribution in [2.24, 2.45) is 9.98 Å². The molecule has 0 spiro atoms. The fourth-order valence-electron chi connectivity index (χ4n) is 3.22. The highest BCUT2D eigenvalue weighted by molar-refractivity contribution is 9.09. The molecular formula is C23H29BrClN5OS. The van der Waals surface area contributed by atoms with E-state index in [4.69, 9.17) is 11.6 Å². The monoisotopic (exact) mass is 537 g/mol. The SMILES string of the molecule is C=C/C=C(\C/C=C(/Cl)CBr)NCc1c(/N=C\N=C)sc2c1CCN(C(=O)/C=C/CNC)C2. The van der Waals surface area contributed by atoms with E-state index in [1.54, 1.807) is 23.5 Å². The molecule has 32 heavy (non-hydrogen) atoms. The van der Waals surface area contributed by atoms with Crippen molar-refractivity contribution in [3.8, 4) is 0 Å². The number of alkyl halides is 1. The zero-order valence-corrected chi connectivity index (χ0v) is 21.4. The first-order valence-corrected chi connectivity index (χ1v) is 12.5. The van der Waals surface area contributed by atoms with Crippen LogP contribution in [0.25, 0.3) is 0 Å². The molecule has 1 aromatic heterocycles. The van der Waals surface area contributed by atoms with Crippen LogP contribution >= 0.6 is 38.9 Å². The van der Waals surface area contributed by atoms with E-state index >= 15 is 0 Å². The number of amides is 1. The van der Waals surface area contributed by atoms with Crippen LogP contribution < -0.4 is 10.6 Å². The number of nitrogens with zero attached hydrogens (tertiary/aromatic N) is 3. The van der Waals surface area contributed by atoms with E-state index in [2.05, 4.69) is 49.8 Å². The Morgan fingerprint density at radius 2 is 2.25 bits per heavy atom. The zero-order valence-electron chi connectivity index (χ0n) is 18.2. The average molecular weight is 539 g/mol. The number of nitrogens with one attached hydrogen (secondary N) is 2.